The van der Waals surface area contributed by atoms with Gasteiger partial charge in [-0.2, -0.15) is 0 Å². The van der Waals surface area contributed by atoms with Gasteiger partial charge in [-0.05, 0) is 34.7 Å². The van der Waals surface area contributed by atoms with Crippen molar-refractivity contribution in [2.45, 2.75) is 13.2 Å². The number of aromatic nitrogens is 4. The maximum atomic E-state index is 13.2. The lowest BCUT2D eigenvalue weighted by atomic mass is 10.1. The first-order valence-electron chi connectivity index (χ1n) is 7.88. The van der Waals surface area contributed by atoms with Gasteiger partial charge in [0.1, 0.15) is 12.4 Å². The molecule has 0 amide bonds. The average Bonchev–Trinajstić information content (AvgIpc) is 3.05. The average molecular weight is 457 g/mol. The number of nitrogens with zero attached hydrogens (tertiary/aromatic N) is 4. The van der Waals surface area contributed by atoms with E-state index in [1.54, 1.807) is 26.3 Å². The highest BCUT2D eigenvalue weighted by Crippen LogP contribution is 2.37. The van der Waals surface area contributed by atoms with Crippen LogP contribution in [-0.2, 0) is 20.2 Å². The maximum absolute atomic E-state index is 13.2. The van der Waals surface area contributed by atoms with Crippen molar-refractivity contribution in [2.24, 2.45) is 7.05 Å². The van der Waals surface area contributed by atoms with Crippen molar-refractivity contribution in [1.29, 1.82) is 0 Å². The van der Waals surface area contributed by atoms with E-state index in [1.165, 1.54) is 16.8 Å². The molecular weight excluding hydrogens is 441 g/mol. The van der Waals surface area contributed by atoms with Gasteiger partial charge in [0.25, 0.3) is 0 Å². The summed E-state index contributed by atoms with van der Waals surface area (Å²) in [6, 6.07) is 7.83. The molecule has 1 heterocycles. The molecule has 0 bridgehead atoms. The van der Waals surface area contributed by atoms with Crippen LogP contribution in [0.4, 0.5) is 10.3 Å². The molecule has 0 aliphatic heterocycles. The summed E-state index contributed by atoms with van der Waals surface area (Å²) in [4.78, 5) is 0. The number of methoxy groups -OCH3 is 1. The number of tetrazole rings is 1. The van der Waals surface area contributed by atoms with Crippen molar-refractivity contribution < 1.29 is 13.9 Å². The first kappa shape index (κ1) is 19.4. The standard InChI is InChI=1S/C17H16BrClFN5O2/c1-25-17(22-23-24-25)21-8-12-13(18)5-6-15(26-2)16(12)27-9-10-3-4-11(20)7-14(10)19/h3-7H,8-9H2,1-2H3,(H,21,22,24). The molecule has 0 aliphatic carbocycles. The minimum atomic E-state index is -0.397. The van der Waals surface area contributed by atoms with Crippen LogP contribution in [0.2, 0.25) is 5.02 Å². The highest BCUT2D eigenvalue weighted by Gasteiger charge is 2.16. The Morgan fingerprint density at radius 1 is 1.30 bits per heavy atom. The van der Waals surface area contributed by atoms with Crippen LogP contribution in [0, 0.1) is 5.82 Å². The smallest absolute Gasteiger partial charge is 0.242 e. The van der Waals surface area contributed by atoms with Crippen LogP contribution < -0.4 is 14.8 Å². The van der Waals surface area contributed by atoms with Crippen molar-refractivity contribution in [1.82, 2.24) is 20.2 Å². The first-order valence-corrected chi connectivity index (χ1v) is 9.05. The fourth-order valence-corrected chi connectivity index (χ4v) is 3.08. The maximum Gasteiger partial charge on any atom is 0.242 e. The zero-order valence-electron chi connectivity index (χ0n) is 14.5. The summed E-state index contributed by atoms with van der Waals surface area (Å²) < 4.78 is 27.0. The molecule has 0 saturated heterocycles. The van der Waals surface area contributed by atoms with Crippen LogP contribution in [0.15, 0.2) is 34.8 Å². The molecule has 2 aromatic carbocycles. The van der Waals surface area contributed by atoms with Gasteiger partial charge in [-0.3, -0.25) is 0 Å². The van der Waals surface area contributed by atoms with Crippen LogP contribution in [0.25, 0.3) is 0 Å². The lowest BCUT2D eigenvalue weighted by Crippen LogP contribution is -2.09. The normalized spacial score (nSPS) is 10.7. The Hall–Kier alpha value is -2.39. The van der Waals surface area contributed by atoms with E-state index in [-0.39, 0.29) is 6.61 Å². The number of benzene rings is 2. The van der Waals surface area contributed by atoms with E-state index >= 15 is 0 Å². The van der Waals surface area contributed by atoms with Crippen molar-refractivity contribution in [3.63, 3.8) is 0 Å². The van der Waals surface area contributed by atoms with E-state index < -0.39 is 5.82 Å². The van der Waals surface area contributed by atoms with Crippen molar-refractivity contribution >= 4 is 33.5 Å². The Morgan fingerprint density at radius 2 is 2.11 bits per heavy atom. The van der Waals surface area contributed by atoms with E-state index in [0.29, 0.717) is 34.6 Å². The molecule has 3 rings (SSSR count). The molecule has 0 unspecified atom stereocenters. The number of ether oxygens (including phenoxy) is 2. The molecule has 1 aromatic heterocycles. The van der Waals surface area contributed by atoms with Crippen molar-refractivity contribution in [2.75, 3.05) is 12.4 Å². The molecule has 0 atom stereocenters. The molecule has 0 saturated carbocycles. The Balaban J connectivity index is 1.85. The summed E-state index contributed by atoms with van der Waals surface area (Å²) in [7, 11) is 3.29. The van der Waals surface area contributed by atoms with Gasteiger partial charge in [0.2, 0.25) is 5.95 Å². The van der Waals surface area contributed by atoms with E-state index in [2.05, 4.69) is 36.8 Å². The molecule has 0 aliphatic rings. The van der Waals surface area contributed by atoms with Crippen molar-refractivity contribution in [3.05, 3.63) is 56.8 Å². The third-order valence-corrected chi connectivity index (χ3v) is 4.91. The number of halogens is 3. The molecule has 7 nitrogen and oxygen atoms in total. The van der Waals surface area contributed by atoms with Gasteiger partial charge in [-0.25, -0.2) is 9.07 Å². The van der Waals surface area contributed by atoms with E-state index in [0.717, 1.165) is 10.0 Å². The predicted molar refractivity (Wildman–Crippen MR) is 103 cm³/mol. The Labute approximate surface area is 168 Å². The largest absolute Gasteiger partial charge is 0.493 e. The summed E-state index contributed by atoms with van der Waals surface area (Å²) in [5.41, 5.74) is 1.48. The zero-order chi connectivity index (χ0) is 19.4. The lowest BCUT2D eigenvalue weighted by Gasteiger charge is -2.17. The predicted octanol–water partition coefficient (Wildman–Crippen LogP) is 3.96. The molecule has 27 heavy (non-hydrogen) atoms. The summed E-state index contributed by atoms with van der Waals surface area (Å²) in [5.74, 6) is 1.21. The minimum absolute atomic E-state index is 0.157. The summed E-state index contributed by atoms with van der Waals surface area (Å²) in [5, 5.41) is 14.7. The molecule has 142 valence electrons. The van der Waals surface area contributed by atoms with Crippen LogP contribution >= 0.6 is 27.5 Å². The summed E-state index contributed by atoms with van der Waals surface area (Å²) in [6.07, 6.45) is 0. The van der Waals surface area contributed by atoms with Crippen LogP contribution in [0.1, 0.15) is 11.1 Å². The quantitative estimate of drug-likeness (QED) is 0.580. The molecule has 0 fully saturated rings. The summed E-state index contributed by atoms with van der Waals surface area (Å²) >= 11 is 9.62. The molecule has 3 aromatic rings. The van der Waals surface area contributed by atoms with E-state index in [9.17, 15) is 4.39 Å². The number of anilines is 1. The van der Waals surface area contributed by atoms with Gasteiger partial charge in [0.15, 0.2) is 11.5 Å². The van der Waals surface area contributed by atoms with Gasteiger partial charge in [-0.1, -0.05) is 38.7 Å². The third-order valence-electron chi connectivity index (χ3n) is 3.82. The Bertz CT molecular complexity index is 953. The van der Waals surface area contributed by atoms with Gasteiger partial charge in [0, 0.05) is 29.2 Å². The van der Waals surface area contributed by atoms with E-state index in [4.69, 9.17) is 21.1 Å². The van der Waals surface area contributed by atoms with Crippen LogP contribution in [0.5, 0.6) is 11.5 Å². The SMILES string of the molecule is COc1ccc(Br)c(CNc2nnnn2C)c1OCc1ccc(F)cc1Cl. The number of aryl methyl sites for hydroxylation is 1. The fourth-order valence-electron chi connectivity index (χ4n) is 2.40. The molecular formula is C17H16BrClFN5O2. The number of rotatable bonds is 7. The number of hydrogen-bond acceptors (Lipinski definition) is 6. The summed E-state index contributed by atoms with van der Waals surface area (Å²) in [6.45, 7) is 0.545. The molecule has 0 spiro atoms. The van der Waals surface area contributed by atoms with Gasteiger partial charge in [0.05, 0.1) is 12.1 Å². The Kier molecular flexibility index (Phi) is 6.12. The molecule has 10 heteroatoms. The van der Waals surface area contributed by atoms with Crippen LogP contribution in [0.3, 0.4) is 0 Å². The highest BCUT2D eigenvalue weighted by molar-refractivity contribution is 9.10. The molecule has 1 N–H and O–H groups in total. The lowest BCUT2D eigenvalue weighted by molar-refractivity contribution is 0.281. The third kappa shape index (κ3) is 4.48. The fraction of sp³-hybridized carbons (Fsp3) is 0.235. The van der Waals surface area contributed by atoms with Gasteiger partial charge in [-0.15, -0.1) is 0 Å². The van der Waals surface area contributed by atoms with Crippen LogP contribution in [-0.4, -0.2) is 27.3 Å². The second-order valence-electron chi connectivity index (χ2n) is 5.56. The van der Waals surface area contributed by atoms with Gasteiger partial charge < -0.3 is 14.8 Å². The second kappa shape index (κ2) is 8.53. The topological polar surface area (TPSA) is 74.1 Å². The monoisotopic (exact) mass is 455 g/mol. The number of hydrogen-bond donors (Lipinski definition) is 1. The van der Waals surface area contributed by atoms with Gasteiger partial charge >= 0.3 is 0 Å². The van der Waals surface area contributed by atoms with Crippen molar-refractivity contribution in [3.8, 4) is 11.5 Å². The highest BCUT2D eigenvalue weighted by atomic mass is 79.9. The van der Waals surface area contributed by atoms with E-state index in [1.807, 2.05) is 6.07 Å². The Morgan fingerprint density at radius 3 is 2.78 bits per heavy atom. The zero-order valence-corrected chi connectivity index (χ0v) is 16.9. The minimum Gasteiger partial charge on any atom is -0.493 e. The number of nitrogens with one attached hydrogen (secondary N) is 1. The molecule has 0 radical (unpaired) electrons. The second-order valence-corrected chi connectivity index (χ2v) is 6.82. The first-order chi connectivity index (χ1) is 13.0.